The van der Waals surface area contributed by atoms with E-state index >= 15 is 0 Å². The van der Waals surface area contributed by atoms with Gasteiger partial charge in [-0.3, -0.25) is 5.10 Å². The van der Waals surface area contributed by atoms with Crippen molar-refractivity contribution in [1.29, 1.82) is 0 Å². The van der Waals surface area contributed by atoms with Crippen molar-refractivity contribution in [3.8, 4) is 11.3 Å². The van der Waals surface area contributed by atoms with Crippen LogP contribution in [0.5, 0.6) is 0 Å². The van der Waals surface area contributed by atoms with E-state index in [4.69, 9.17) is 0 Å². The predicted molar refractivity (Wildman–Crippen MR) is 83.3 cm³/mol. The Labute approximate surface area is 144 Å². The Kier molecular flexibility index (Phi) is 4.52. The summed E-state index contributed by atoms with van der Waals surface area (Å²) < 4.78 is 76.6. The van der Waals surface area contributed by atoms with Crippen molar-refractivity contribution in [1.82, 2.24) is 10.2 Å². The molecule has 136 valence electrons. The van der Waals surface area contributed by atoms with Gasteiger partial charge in [0.2, 0.25) is 0 Å². The Bertz CT molecular complexity index is 908. The van der Waals surface area contributed by atoms with E-state index in [2.05, 4.69) is 10.2 Å². The van der Waals surface area contributed by atoms with Gasteiger partial charge < -0.3 is 0 Å². The number of hydrogen-bond acceptors (Lipinski definition) is 1. The van der Waals surface area contributed by atoms with E-state index in [-0.39, 0.29) is 17.7 Å². The summed E-state index contributed by atoms with van der Waals surface area (Å²) in [4.78, 5) is 0. The average molecular weight is 370 g/mol. The first-order valence-electron chi connectivity index (χ1n) is 7.51. The van der Waals surface area contributed by atoms with Gasteiger partial charge in [-0.1, -0.05) is 30.3 Å². The number of nitrogens with one attached hydrogen (secondary N) is 1. The average Bonchev–Trinajstić information content (AvgIpc) is 3.02. The van der Waals surface area contributed by atoms with E-state index in [1.165, 1.54) is 24.3 Å². The SMILES string of the molecule is FC(F)(F)c1cccc(Cc2cc(-c3cccc(C(F)(F)F)c3)n[nH]2)c1. The molecule has 3 aromatic rings. The molecule has 0 atom stereocenters. The van der Waals surface area contributed by atoms with Gasteiger partial charge in [0, 0.05) is 17.7 Å². The summed E-state index contributed by atoms with van der Waals surface area (Å²) in [6.07, 6.45) is -8.75. The molecule has 1 heterocycles. The number of nitrogens with zero attached hydrogens (tertiary/aromatic N) is 1. The van der Waals surface area contributed by atoms with Crippen LogP contribution in [0, 0.1) is 0 Å². The molecule has 8 heteroatoms. The normalized spacial score (nSPS) is 12.4. The van der Waals surface area contributed by atoms with Crippen molar-refractivity contribution < 1.29 is 26.3 Å². The third kappa shape index (κ3) is 4.07. The lowest BCUT2D eigenvalue weighted by molar-refractivity contribution is -0.138. The molecule has 0 saturated carbocycles. The van der Waals surface area contributed by atoms with Crippen LogP contribution in [0.3, 0.4) is 0 Å². The zero-order valence-electron chi connectivity index (χ0n) is 13.1. The molecule has 0 radical (unpaired) electrons. The second-order valence-corrected chi connectivity index (χ2v) is 5.73. The molecule has 2 nitrogen and oxygen atoms in total. The Balaban J connectivity index is 1.83. The zero-order chi connectivity index (χ0) is 18.9. The molecular formula is C18H12F6N2. The molecule has 0 saturated heterocycles. The molecule has 0 aliphatic carbocycles. The fraction of sp³-hybridized carbons (Fsp3) is 0.167. The number of hydrogen-bond donors (Lipinski definition) is 1. The molecule has 0 aliphatic rings. The third-order valence-electron chi connectivity index (χ3n) is 3.77. The van der Waals surface area contributed by atoms with Gasteiger partial charge in [-0.25, -0.2) is 0 Å². The number of rotatable bonds is 3. The zero-order valence-corrected chi connectivity index (χ0v) is 13.1. The van der Waals surface area contributed by atoms with Gasteiger partial charge in [0.1, 0.15) is 0 Å². The monoisotopic (exact) mass is 370 g/mol. The van der Waals surface area contributed by atoms with Crippen molar-refractivity contribution in [3.63, 3.8) is 0 Å². The van der Waals surface area contributed by atoms with Gasteiger partial charge in [0.05, 0.1) is 16.8 Å². The number of aromatic nitrogens is 2. The Morgan fingerprint density at radius 3 is 2.04 bits per heavy atom. The predicted octanol–water partition coefficient (Wildman–Crippen LogP) is 5.71. The Morgan fingerprint density at radius 2 is 1.38 bits per heavy atom. The standard InChI is InChI=1S/C18H12F6N2/c19-17(20,21)13-5-1-3-11(7-13)8-15-10-16(26-25-15)12-4-2-6-14(9-12)18(22,23)24/h1-7,9-10H,8H2,(H,25,26). The molecule has 1 aromatic heterocycles. The summed E-state index contributed by atoms with van der Waals surface area (Å²) >= 11 is 0. The molecule has 26 heavy (non-hydrogen) atoms. The van der Waals surface area contributed by atoms with Crippen molar-refractivity contribution in [2.75, 3.05) is 0 Å². The van der Waals surface area contributed by atoms with E-state index < -0.39 is 23.5 Å². The Morgan fingerprint density at radius 1 is 0.769 bits per heavy atom. The largest absolute Gasteiger partial charge is 0.416 e. The quantitative estimate of drug-likeness (QED) is 0.588. The molecule has 1 N–H and O–H groups in total. The third-order valence-corrected chi connectivity index (χ3v) is 3.77. The van der Waals surface area contributed by atoms with Crippen LogP contribution in [0.2, 0.25) is 0 Å². The van der Waals surface area contributed by atoms with E-state index in [0.717, 1.165) is 24.3 Å². The fourth-order valence-electron chi connectivity index (χ4n) is 2.53. The summed E-state index contributed by atoms with van der Waals surface area (Å²) in [6.45, 7) is 0. The molecule has 0 fully saturated rings. The minimum Gasteiger partial charge on any atom is -0.282 e. The Hall–Kier alpha value is -2.77. The highest BCUT2D eigenvalue weighted by Crippen LogP contribution is 2.32. The van der Waals surface area contributed by atoms with Crippen LogP contribution in [0.4, 0.5) is 26.3 Å². The first kappa shape index (κ1) is 18.0. The smallest absolute Gasteiger partial charge is 0.282 e. The number of H-pyrrole nitrogens is 1. The molecule has 0 spiro atoms. The fourth-order valence-corrected chi connectivity index (χ4v) is 2.53. The number of benzene rings is 2. The molecule has 2 aromatic carbocycles. The summed E-state index contributed by atoms with van der Waals surface area (Å²) in [6, 6.07) is 11.1. The van der Waals surface area contributed by atoms with Crippen LogP contribution in [0.25, 0.3) is 11.3 Å². The number of alkyl halides is 6. The van der Waals surface area contributed by atoms with E-state index in [9.17, 15) is 26.3 Å². The number of halogens is 6. The lowest BCUT2D eigenvalue weighted by Crippen LogP contribution is -2.05. The summed E-state index contributed by atoms with van der Waals surface area (Å²) in [7, 11) is 0. The van der Waals surface area contributed by atoms with Gasteiger partial charge in [-0.05, 0) is 29.8 Å². The van der Waals surface area contributed by atoms with Gasteiger partial charge in [-0.15, -0.1) is 0 Å². The minimum absolute atomic E-state index is 0.149. The van der Waals surface area contributed by atoms with Crippen LogP contribution >= 0.6 is 0 Å². The van der Waals surface area contributed by atoms with Crippen LogP contribution in [0.15, 0.2) is 54.6 Å². The van der Waals surface area contributed by atoms with Crippen molar-refractivity contribution >= 4 is 0 Å². The maximum absolute atomic E-state index is 12.8. The summed E-state index contributed by atoms with van der Waals surface area (Å²) in [5.74, 6) is 0. The highest BCUT2D eigenvalue weighted by atomic mass is 19.4. The molecule has 3 rings (SSSR count). The van der Waals surface area contributed by atoms with Crippen LogP contribution in [-0.4, -0.2) is 10.2 Å². The molecule has 0 bridgehead atoms. The van der Waals surface area contributed by atoms with Crippen molar-refractivity contribution in [2.24, 2.45) is 0 Å². The van der Waals surface area contributed by atoms with Crippen LogP contribution in [0.1, 0.15) is 22.4 Å². The maximum Gasteiger partial charge on any atom is 0.416 e. The van der Waals surface area contributed by atoms with Gasteiger partial charge >= 0.3 is 12.4 Å². The second-order valence-electron chi connectivity index (χ2n) is 5.73. The lowest BCUT2D eigenvalue weighted by atomic mass is 10.0. The summed E-state index contributed by atoms with van der Waals surface area (Å²) in [5, 5.41) is 6.62. The highest BCUT2D eigenvalue weighted by Gasteiger charge is 2.31. The van der Waals surface area contributed by atoms with E-state index in [0.29, 0.717) is 11.3 Å². The minimum atomic E-state index is -4.47. The highest BCUT2D eigenvalue weighted by molar-refractivity contribution is 5.60. The first-order chi connectivity index (χ1) is 12.1. The van der Waals surface area contributed by atoms with Crippen molar-refractivity contribution in [2.45, 2.75) is 18.8 Å². The molecule has 0 aliphatic heterocycles. The lowest BCUT2D eigenvalue weighted by Gasteiger charge is -2.08. The molecule has 0 unspecified atom stereocenters. The number of aromatic amines is 1. The van der Waals surface area contributed by atoms with Gasteiger partial charge in [-0.2, -0.15) is 31.4 Å². The second kappa shape index (κ2) is 6.51. The molecular weight excluding hydrogens is 358 g/mol. The van der Waals surface area contributed by atoms with E-state index in [1.807, 2.05) is 0 Å². The van der Waals surface area contributed by atoms with Crippen molar-refractivity contribution in [3.05, 3.63) is 77.0 Å². The maximum atomic E-state index is 12.8. The summed E-state index contributed by atoms with van der Waals surface area (Å²) in [5.41, 5.74) is -0.0784. The first-order valence-corrected chi connectivity index (χ1v) is 7.51. The van der Waals surface area contributed by atoms with Crippen LogP contribution < -0.4 is 0 Å². The van der Waals surface area contributed by atoms with Crippen LogP contribution in [-0.2, 0) is 18.8 Å². The van der Waals surface area contributed by atoms with Gasteiger partial charge in [0.15, 0.2) is 0 Å². The molecule has 0 amide bonds. The topological polar surface area (TPSA) is 28.7 Å². The van der Waals surface area contributed by atoms with Gasteiger partial charge in [0.25, 0.3) is 0 Å². The van der Waals surface area contributed by atoms with E-state index in [1.54, 1.807) is 6.07 Å².